The van der Waals surface area contributed by atoms with Crippen molar-refractivity contribution < 1.29 is 14.3 Å². The van der Waals surface area contributed by atoms with E-state index < -0.39 is 0 Å². The van der Waals surface area contributed by atoms with Gasteiger partial charge >= 0.3 is 0 Å². The number of benzene rings is 2. The summed E-state index contributed by atoms with van der Waals surface area (Å²) in [7, 11) is 1.58. The third kappa shape index (κ3) is 4.34. The van der Waals surface area contributed by atoms with Crippen molar-refractivity contribution in [2.75, 3.05) is 12.4 Å². The Kier molecular flexibility index (Phi) is 5.83. The van der Waals surface area contributed by atoms with Gasteiger partial charge in [-0.3, -0.25) is 14.0 Å². The average Bonchev–Trinajstić information content (AvgIpc) is 3.22. The summed E-state index contributed by atoms with van der Waals surface area (Å²) in [6.07, 6.45) is 4.20. The Balaban J connectivity index is 1.33. The van der Waals surface area contributed by atoms with Crippen LogP contribution in [0.25, 0.3) is 4.96 Å². The minimum absolute atomic E-state index is 0.0703. The number of fused-ring (bicyclic) bond motifs is 3. The molecular weight excluding hydrogens is 438 g/mol. The van der Waals surface area contributed by atoms with Crippen molar-refractivity contribution in [3.63, 3.8) is 0 Å². The van der Waals surface area contributed by atoms with Gasteiger partial charge < -0.3 is 14.8 Å². The minimum atomic E-state index is -0.254. The van der Waals surface area contributed by atoms with E-state index in [4.69, 9.17) is 9.47 Å². The number of carbonyl (C=O) groups excluding carboxylic acids is 1. The monoisotopic (exact) mass is 461 g/mol. The number of aromatic nitrogens is 2. The molecule has 0 spiro atoms. The van der Waals surface area contributed by atoms with E-state index in [1.54, 1.807) is 59.2 Å². The molecule has 0 bridgehead atoms. The quantitative estimate of drug-likeness (QED) is 0.458. The summed E-state index contributed by atoms with van der Waals surface area (Å²) in [5.74, 6) is 0.935. The second-order valence-corrected chi connectivity index (χ2v) is 8.91. The fourth-order valence-corrected chi connectivity index (χ4v) is 5.23. The number of methoxy groups -OCH3 is 1. The van der Waals surface area contributed by atoms with Crippen LogP contribution < -0.4 is 20.3 Å². The van der Waals surface area contributed by atoms with Crippen LogP contribution in [0.15, 0.2) is 59.4 Å². The van der Waals surface area contributed by atoms with Gasteiger partial charge in [-0.15, -0.1) is 11.3 Å². The lowest BCUT2D eigenvalue weighted by Crippen LogP contribution is -2.18. The van der Waals surface area contributed by atoms with Gasteiger partial charge in [0, 0.05) is 22.2 Å². The molecule has 7 nitrogen and oxygen atoms in total. The van der Waals surface area contributed by atoms with Gasteiger partial charge in [0.2, 0.25) is 0 Å². The zero-order valence-corrected chi connectivity index (χ0v) is 19.0. The number of hydrogen-bond donors (Lipinski definition) is 1. The van der Waals surface area contributed by atoms with Crippen LogP contribution in [0.3, 0.4) is 0 Å². The van der Waals surface area contributed by atoms with Gasteiger partial charge in [0.1, 0.15) is 18.1 Å². The minimum Gasteiger partial charge on any atom is -0.497 e. The van der Waals surface area contributed by atoms with Crippen LogP contribution in [0.2, 0.25) is 0 Å². The lowest BCUT2D eigenvalue weighted by Gasteiger charge is -2.13. The fraction of sp³-hybridized carbons (Fsp3) is 0.240. The molecule has 1 aliphatic carbocycles. The Morgan fingerprint density at radius 3 is 2.73 bits per heavy atom. The molecule has 0 unspecified atom stereocenters. The molecule has 168 valence electrons. The van der Waals surface area contributed by atoms with Gasteiger partial charge in [-0.2, -0.15) is 0 Å². The second kappa shape index (κ2) is 9.07. The first-order valence-corrected chi connectivity index (χ1v) is 11.6. The van der Waals surface area contributed by atoms with Gasteiger partial charge in [-0.1, -0.05) is 12.1 Å². The largest absolute Gasteiger partial charge is 0.497 e. The van der Waals surface area contributed by atoms with Crippen molar-refractivity contribution >= 4 is 27.9 Å². The number of para-hydroxylation sites is 2. The molecule has 2 heterocycles. The van der Waals surface area contributed by atoms with Crippen LogP contribution in [-0.4, -0.2) is 22.4 Å². The maximum atomic E-state index is 12.8. The number of anilines is 1. The molecule has 0 saturated heterocycles. The number of hydrogen-bond acceptors (Lipinski definition) is 6. The molecule has 0 fully saturated rings. The Morgan fingerprint density at radius 2 is 1.91 bits per heavy atom. The smallest absolute Gasteiger partial charge is 0.259 e. The second-order valence-electron chi connectivity index (χ2n) is 7.85. The summed E-state index contributed by atoms with van der Waals surface area (Å²) in [5, 5.41) is 2.89. The summed E-state index contributed by atoms with van der Waals surface area (Å²) in [4.78, 5) is 32.1. The van der Waals surface area contributed by atoms with Gasteiger partial charge in [0.25, 0.3) is 11.5 Å². The number of nitrogens with zero attached hydrogens (tertiary/aromatic N) is 2. The van der Waals surface area contributed by atoms with Crippen molar-refractivity contribution in [1.29, 1.82) is 0 Å². The fourth-order valence-electron chi connectivity index (χ4n) is 4.00. The van der Waals surface area contributed by atoms with Crippen LogP contribution in [-0.2, 0) is 19.4 Å². The molecule has 0 aliphatic heterocycles. The van der Waals surface area contributed by atoms with Gasteiger partial charge in [-0.25, -0.2) is 4.98 Å². The first-order valence-electron chi connectivity index (χ1n) is 10.8. The summed E-state index contributed by atoms with van der Waals surface area (Å²) in [6.45, 7) is 0.129. The number of amides is 1. The molecule has 2 aromatic carbocycles. The molecule has 4 aromatic rings. The highest BCUT2D eigenvalue weighted by atomic mass is 32.1. The predicted octanol–water partition coefficient (Wildman–Crippen LogP) is 4.47. The first-order chi connectivity index (χ1) is 16.1. The summed E-state index contributed by atoms with van der Waals surface area (Å²) < 4.78 is 12.8. The van der Waals surface area contributed by atoms with E-state index in [1.807, 2.05) is 12.1 Å². The standard InChI is InChI=1S/C25H23N3O4S/c1-31-18-12-10-16(11-13-18)24(30)27-19-6-2-4-8-21(19)32-15-17-14-23(29)28-20-7-3-5-9-22(20)33-25(28)26-17/h2,4,6,8,10-14H,3,5,7,9,15H2,1H3,(H,27,30). The Morgan fingerprint density at radius 1 is 1.12 bits per heavy atom. The average molecular weight is 462 g/mol. The van der Waals surface area contributed by atoms with Crippen LogP contribution in [0.5, 0.6) is 11.5 Å². The Bertz CT molecular complexity index is 1370. The summed E-state index contributed by atoms with van der Waals surface area (Å²) in [6, 6.07) is 15.6. The van der Waals surface area contributed by atoms with Crippen molar-refractivity contribution in [3.05, 3.63) is 86.8 Å². The normalized spacial score (nSPS) is 12.9. The van der Waals surface area contributed by atoms with E-state index in [0.29, 0.717) is 33.4 Å². The highest BCUT2D eigenvalue weighted by Gasteiger charge is 2.19. The number of thiazole rings is 1. The highest BCUT2D eigenvalue weighted by molar-refractivity contribution is 7.17. The molecule has 0 atom stereocenters. The molecule has 1 aliphatic rings. The molecule has 1 N–H and O–H groups in total. The summed E-state index contributed by atoms with van der Waals surface area (Å²) >= 11 is 1.59. The molecule has 2 aromatic heterocycles. The maximum Gasteiger partial charge on any atom is 0.259 e. The number of rotatable bonds is 6. The zero-order valence-electron chi connectivity index (χ0n) is 18.2. The van der Waals surface area contributed by atoms with E-state index in [2.05, 4.69) is 10.3 Å². The van der Waals surface area contributed by atoms with Crippen LogP contribution in [0, 0.1) is 0 Å². The van der Waals surface area contributed by atoms with E-state index >= 15 is 0 Å². The third-order valence-electron chi connectivity index (χ3n) is 5.68. The van der Waals surface area contributed by atoms with E-state index in [0.717, 1.165) is 31.4 Å². The van der Waals surface area contributed by atoms with Crippen LogP contribution in [0.1, 0.15) is 39.5 Å². The zero-order chi connectivity index (χ0) is 22.8. The predicted molar refractivity (Wildman–Crippen MR) is 128 cm³/mol. The SMILES string of the molecule is COc1ccc(C(=O)Nc2ccccc2OCc2cc(=O)n3c4c(sc3n2)CCCC4)cc1. The summed E-state index contributed by atoms with van der Waals surface area (Å²) in [5.41, 5.74) is 2.65. The maximum absolute atomic E-state index is 12.8. The van der Waals surface area contributed by atoms with Crippen molar-refractivity contribution in [2.45, 2.75) is 32.3 Å². The number of ether oxygens (including phenoxy) is 2. The molecular formula is C25H23N3O4S. The van der Waals surface area contributed by atoms with E-state index in [9.17, 15) is 9.59 Å². The van der Waals surface area contributed by atoms with Gasteiger partial charge in [0.05, 0.1) is 18.5 Å². The Hall–Kier alpha value is -3.65. The Labute approximate surface area is 194 Å². The molecule has 0 saturated carbocycles. The number of aryl methyl sites for hydroxylation is 2. The first kappa shape index (κ1) is 21.2. The van der Waals surface area contributed by atoms with E-state index in [-0.39, 0.29) is 18.1 Å². The molecule has 5 rings (SSSR count). The topological polar surface area (TPSA) is 81.9 Å². The number of carbonyl (C=O) groups is 1. The molecule has 1 amide bonds. The highest BCUT2D eigenvalue weighted by Crippen LogP contribution is 2.29. The molecule has 8 heteroatoms. The van der Waals surface area contributed by atoms with Crippen LogP contribution >= 0.6 is 11.3 Å². The lowest BCUT2D eigenvalue weighted by atomic mass is 10.0. The molecule has 0 radical (unpaired) electrons. The van der Waals surface area contributed by atoms with Crippen molar-refractivity contribution in [3.8, 4) is 11.5 Å². The van der Waals surface area contributed by atoms with Gasteiger partial charge in [-0.05, 0) is 62.1 Å². The lowest BCUT2D eigenvalue weighted by molar-refractivity contribution is 0.102. The third-order valence-corrected chi connectivity index (χ3v) is 6.82. The van der Waals surface area contributed by atoms with Crippen molar-refractivity contribution in [1.82, 2.24) is 9.38 Å². The number of nitrogens with one attached hydrogen (secondary N) is 1. The van der Waals surface area contributed by atoms with Crippen LogP contribution in [0.4, 0.5) is 5.69 Å². The van der Waals surface area contributed by atoms with E-state index in [1.165, 1.54) is 10.9 Å². The molecule has 33 heavy (non-hydrogen) atoms. The van der Waals surface area contributed by atoms with Crippen molar-refractivity contribution in [2.24, 2.45) is 0 Å². The van der Waals surface area contributed by atoms with Gasteiger partial charge in [0.15, 0.2) is 4.96 Å².